The van der Waals surface area contributed by atoms with E-state index in [4.69, 9.17) is 10.9 Å². The number of piperazine rings is 1. The normalized spacial score (nSPS) is 15.3. The van der Waals surface area contributed by atoms with Gasteiger partial charge in [-0.25, -0.2) is 0 Å². The molecule has 140 valence electrons. The molecule has 0 aliphatic carbocycles. The number of nitrogens with zero attached hydrogens (tertiary/aromatic N) is 3. The van der Waals surface area contributed by atoms with Gasteiger partial charge >= 0.3 is 0 Å². The van der Waals surface area contributed by atoms with Gasteiger partial charge in [0.1, 0.15) is 0 Å². The van der Waals surface area contributed by atoms with Gasteiger partial charge in [-0.05, 0) is 37.1 Å². The highest BCUT2D eigenvalue weighted by molar-refractivity contribution is 5.97. The average molecular weight is 400 g/mol. The number of hydrogen-bond acceptors (Lipinski definition) is 4. The van der Waals surface area contributed by atoms with Crippen molar-refractivity contribution in [1.29, 1.82) is 0 Å². The number of nitrogens with two attached hydrogens (primary N) is 1. The summed E-state index contributed by atoms with van der Waals surface area (Å²) in [7, 11) is 0. The summed E-state index contributed by atoms with van der Waals surface area (Å²) in [5.74, 6) is 0.153. The van der Waals surface area contributed by atoms with Crippen LogP contribution in [0.1, 0.15) is 32.3 Å². The largest absolute Gasteiger partial charge is 0.409 e. The number of halogens is 3. The molecule has 8 heteroatoms. The van der Waals surface area contributed by atoms with Gasteiger partial charge in [0.05, 0.1) is 0 Å². The van der Waals surface area contributed by atoms with Crippen LogP contribution in [0.25, 0.3) is 0 Å². The molecule has 0 atom stereocenters. The molecule has 1 fully saturated rings. The molecule has 1 aromatic rings. The molecule has 2 rings (SSSR count). The second-order valence-corrected chi connectivity index (χ2v) is 5.53. The van der Waals surface area contributed by atoms with Crippen molar-refractivity contribution in [1.82, 2.24) is 4.90 Å². The van der Waals surface area contributed by atoms with Crippen molar-refractivity contribution in [3.05, 3.63) is 29.8 Å². The Bertz CT molecular complexity index is 473. The fourth-order valence-electron chi connectivity index (χ4n) is 3.05. The topological polar surface area (TPSA) is 65.1 Å². The fraction of sp³-hybridized carbons (Fsp3) is 0.562. The lowest BCUT2D eigenvalue weighted by Crippen LogP contribution is -2.50. The highest BCUT2D eigenvalue weighted by Gasteiger charge is 2.21. The summed E-state index contributed by atoms with van der Waals surface area (Å²) in [5, 5.41) is 11.7. The summed E-state index contributed by atoms with van der Waals surface area (Å²) in [6, 6.07) is 8.60. The van der Waals surface area contributed by atoms with E-state index in [9.17, 15) is 0 Å². The quantitative estimate of drug-likeness (QED) is 0.345. The van der Waals surface area contributed by atoms with Crippen molar-refractivity contribution >= 4 is 48.7 Å². The van der Waals surface area contributed by atoms with Crippen LogP contribution >= 0.6 is 37.2 Å². The molecule has 0 radical (unpaired) electrons. The van der Waals surface area contributed by atoms with Crippen LogP contribution in [0, 0.1) is 0 Å². The van der Waals surface area contributed by atoms with E-state index in [1.165, 1.54) is 18.5 Å². The van der Waals surface area contributed by atoms with E-state index in [2.05, 4.69) is 28.8 Å². The molecule has 1 aliphatic rings. The Morgan fingerprint density at radius 2 is 1.54 bits per heavy atom. The molecule has 0 spiro atoms. The van der Waals surface area contributed by atoms with Crippen LogP contribution in [-0.4, -0.2) is 48.2 Å². The van der Waals surface area contributed by atoms with Gasteiger partial charge < -0.3 is 15.8 Å². The zero-order valence-electron chi connectivity index (χ0n) is 14.2. The summed E-state index contributed by atoms with van der Waals surface area (Å²) in [5.41, 5.74) is 7.53. The molecule has 1 aromatic carbocycles. The minimum Gasteiger partial charge on any atom is -0.409 e. The first-order valence-electron chi connectivity index (χ1n) is 7.76. The van der Waals surface area contributed by atoms with Gasteiger partial charge in [-0.1, -0.05) is 19.0 Å². The van der Waals surface area contributed by atoms with Crippen molar-refractivity contribution in [2.75, 3.05) is 31.1 Å². The lowest BCUT2D eigenvalue weighted by atomic mass is 10.1. The SMILES string of the molecule is CCC(CC)N1CCN(c2ccc(C(N)=NO)cc2)CC1.Cl.Cl.Cl. The molecule has 3 N–H and O–H groups in total. The van der Waals surface area contributed by atoms with Gasteiger partial charge in [0.25, 0.3) is 0 Å². The molecule has 24 heavy (non-hydrogen) atoms. The third kappa shape index (κ3) is 6.20. The Labute approximate surface area is 163 Å². The van der Waals surface area contributed by atoms with Gasteiger partial charge in [0, 0.05) is 43.5 Å². The van der Waals surface area contributed by atoms with Crippen LogP contribution < -0.4 is 10.6 Å². The Kier molecular flexibility index (Phi) is 13.2. The first-order chi connectivity index (χ1) is 10.2. The maximum absolute atomic E-state index is 8.68. The standard InChI is InChI=1S/C16H26N4O.3ClH/c1-3-14(4-2)19-9-11-20(12-10-19)15-7-5-13(6-8-15)16(17)18-21;;;/h5-8,14,21H,3-4,9-12H2,1-2H3,(H2,17,18);3*1H. The van der Waals surface area contributed by atoms with E-state index in [1.54, 1.807) is 0 Å². The van der Waals surface area contributed by atoms with Gasteiger partial charge in [0.15, 0.2) is 5.84 Å². The Balaban J connectivity index is 0. The number of rotatable bonds is 5. The molecule has 0 aromatic heterocycles. The van der Waals surface area contributed by atoms with Crippen LogP contribution in [0.3, 0.4) is 0 Å². The molecule has 0 amide bonds. The molecule has 1 aliphatic heterocycles. The number of amidine groups is 1. The minimum atomic E-state index is 0. The summed E-state index contributed by atoms with van der Waals surface area (Å²) in [4.78, 5) is 5.00. The first kappa shape index (κ1) is 25.4. The number of benzene rings is 1. The maximum atomic E-state index is 8.68. The van der Waals surface area contributed by atoms with Crippen molar-refractivity contribution in [3.63, 3.8) is 0 Å². The highest BCUT2D eigenvalue weighted by atomic mass is 35.5. The van der Waals surface area contributed by atoms with E-state index in [-0.39, 0.29) is 43.1 Å². The monoisotopic (exact) mass is 398 g/mol. The zero-order chi connectivity index (χ0) is 15.2. The maximum Gasteiger partial charge on any atom is 0.170 e. The number of oxime groups is 1. The van der Waals surface area contributed by atoms with Crippen LogP contribution in [0.4, 0.5) is 5.69 Å². The summed E-state index contributed by atoms with van der Waals surface area (Å²) in [6.45, 7) is 8.89. The van der Waals surface area contributed by atoms with E-state index < -0.39 is 0 Å². The predicted molar refractivity (Wildman–Crippen MR) is 109 cm³/mol. The third-order valence-corrected chi connectivity index (χ3v) is 4.41. The lowest BCUT2D eigenvalue weighted by Gasteiger charge is -2.39. The predicted octanol–water partition coefficient (Wildman–Crippen LogP) is 3.36. The van der Waals surface area contributed by atoms with Gasteiger partial charge in [-0.2, -0.15) is 0 Å². The fourth-order valence-corrected chi connectivity index (χ4v) is 3.05. The molecule has 1 saturated heterocycles. The van der Waals surface area contributed by atoms with Crippen molar-refractivity contribution in [2.24, 2.45) is 10.9 Å². The molecule has 0 saturated carbocycles. The molecule has 1 heterocycles. The number of anilines is 1. The third-order valence-electron chi connectivity index (χ3n) is 4.41. The second-order valence-electron chi connectivity index (χ2n) is 5.53. The smallest absolute Gasteiger partial charge is 0.170 e. The summed E-state index contributed by atoms with van der Waals surface area (Å²) in [6.07, 6.45) is 2.45. The van der Waals surface area contributed by atoms with Crippen LogP contribution in [0.2, 0.25) is 0 Å². The Morgan fingerprint density at radius 3 is 1.96 bits per heavy atom. The average Bonchev–Trinajstić information content (AvgIpc) is 2.56. The van der Waals surface area contributed by atoms with Crippen molar-refractivity contribution in [2.45, 2.75) is 32.7 Å². The minimum absolute atomic E-state index is 0. The van der Waals surface area contributed by atoms with E-state index in [0.717, 1.165) is 37.8 Å². The molecule has 0 unspecified atom stereocenters. The Morgan fingerprint density at radius 1 is 1.04 bits per heavy atom. The van der Waals surface area contributed by atoms with Crippen molar-refractivity contribution < 1.29 is 5.21 Å². The summed E-state index contributed by atoms with van der Waals surface area (Å²) < 4.78 is 0. The zero-order valence-corrected chi connectivity index (χ0v) is 16.7. The summed E-state index contributed by atoms with van der Waals surface area (Å²) >= 11 is 0. The van der Waals surface area contributed by atoms with Gasteiger partial charge in [-0.3, -0.25) is 4.90 Å². The van der Waals surface area contributed by atoms with Crippen LogP contribution in [0.5, 0.6) is 0 Å². The Hall–Kier alpha value is -0.880. The van der Waals surface area contributed by atoms with E-state index in [1.807, 2.05) is 24.3 Å². The highest BCUT2D eigenvalue weighted by Crippen LogP contribution is 2.19. The van der Waals surface area contributed by atoms with E-state index >= 15 is 0 Å². The van der Waals surface area contributed by atoms with Crippen LogP contribution in [0.15, 0.2) is 29.4 Å². The van der Waals surface area contributed by atoms with Gasteiger partial charge in [-0.15, -0.1) is 37.2 Å². The van der Waals surface area contributed by atoms with Crippen molar-refractivity contribution in [3.8, 4) is 0 Å². The van der Waals surface area contributed by atoms with Gasteiger partial charge in [0.2, 0.25) is 0 Å². The molecular weight excluding hydrogens is 371 g/mol. The molecule has 5 nitrogen and oxygen atoms in total. The molecular formula is C16H29Cl3N4O. The second kappa shape index (κ2) is 12.5. The number of hydrogen-bond donors (Lipinski definition) is 2. The van der Waals surface area contributed by atoms with Crippen LogP contribution in [-0.2, 0) is 0 Å². The first-order valence-corrected chi connectivity index (χ1v) is 7.76. The van der Waals surface area contributed by atoms with E-state index in [0.29, 0.717) is 0 Å². The molecule has 0 bridgehead atoms. The lowest BCUT2D eigenvalue weighted by molar-refractivity contribution is 0.175.